The second kappa shape index (κ2) is 8.19. The third-order valence-corrected chi connectivity index (χ3v) is 2.74. The Bertz CT molecular complexity index is 371. The van der Waals surface area contributed by atoms with E-state index in [0.29, 0.717) is 37.1 Å². The molecule has 0 heterocycles. The van der Waals surface area contributed by atoms with Gasteiger partial charge in [-0.1, -0.05) is 11.6 Å². The molecule has 0 atom stereocenters. The van der Waals surface area contributed by atoms with Crippen LogP contribution in [0.15, 0.2) is 12.1 Å². The number of nitrogen functional groups attached to an aromatic ring is 1. The topological polar surface area (TPSA) is 53.7 Å². The highest BCUT2D eigenvalue weighted by Crippen LogP contribution is 2.28. The van der Waals surface area contributed by atoms with Crippen LogP contribution in [0.5, 0.6) is 5.75 Å². The summed E-state index contributed by atoms with van der Waals surface area (Å²) < 4.78 is 15.8. The molecule has 0 fully saturated rings. The van der Waals surface area contributed by atoms with Crippen molar-refractivity contribution in [1.29, 1.82) is 0 Å². The molecule has 18 heavy (non-hydrogen) atoms. The Morgan fingerprint density at radius 2 is 1.94 bits per heavy atom. The number of methoxy groups -OCH3 is 1. The summed E-state index contributed by atoms with van der Waals surface area (Å²) in [6.45, 7) is 4.42. The standard InChI is InChI=1S/C13H20ClNO3/c1-10-8-12(15)11(14)9-13(10)18-5-3-4-17-7-6-16-2/h8-9H,3-7,15H2,1-2H3. The summed E-state index contributed by atoms with van der Waals surface area (Å²) in [6.07, 6.45) is 0.825. The fraction of sp³-hybridized carbons (Fsp3) is 0.538. The molecule has 0 bridgehead atoms. The maximum Gasteiger partial charge on any atom is 0.123 e. The van der Waals surface area contributed by atoms with Crippen molar-refractivity contribution in [3.63, 3.8) is 0 Å². The molecule has 0 aliphatic carbocycles. The fourth-order valence-electron chi connectivity index (χ4n) is 1.43. The summed E-state index contributed by atoms with van der Waals surface area (Å²) in [5.41, 5.74) is 7.25. The number of ether oxygens (including phenoxy) is 3. The fourth-order valence-corrected chi connectivity index (χ4v) is 1.58. The molecule has 1 aromatic carbocycles. The lowest BCUT2D eigenvalue weighted by Gasteiger charge is -2.11. The van der Waals surface area contributed by atoms with Crippen LogP contribution in [0.25, 0.3) is 0 Å². The summed E-state index contributed by atoms with van der Waals surface area (Å²) in [6, 6.07) is 3.56. The van der Waals surface area contributed by atoms with Crippen molar-refractivity contribution >= 4 is 17.3 Å². The predicted octanol–water partition coefficient (Wildman–Crippen LogP) is 2.66. The van der Waals surface area contributed by atoms with Gasteiger partial charge in [0.15, 0.2) is 0 Å². The highest BCUT2D eigenvalue weighted by atomic mass is 35.5. The van der Waals surface area contributed by atoms with E-state index in [1.807, 2.05) is 13.0 Å². The van der Waals surface area contributed by atoms with Gasteiger partial charge in [0, 0.05) is 26.2 Å². The van der Waals surface area contributed by atoms with Crippen molar-refractivity contribution in [1.82, 2.24) is 0 Å². The van der Waals surface area contributed by atoms with Gasteiger partial charge in [0.1, 0.15) is 5.75 Å². The number of benzene rings is 1. The van der Waals surface area contributed by atoms with E-state index in [1.54, 1.807) is 13.2 Å². The molecule has 5 heteroatoms. The first-order chi connectivity index (χ1) is 8.65. The molecule has 0 aliphatic rings. The van der Waals surface area contributed by atoms with Gasteiger partial charge in [-0.2, -0.15) is 0 Å². The number of halogens is 1. The van der Waals surface area contributed by atoms with Gasteiger partial charge in [0.05, 0.1) is 30.5 Å². The van der Waals surface area contributed by atoms with Gasteiger partial charge in [0.2, 0.25) is 0 Å². The number of hydrogen-bond donors (Lipinski definition) is 1. The molecule has 0 radical (unpaired) electrons. The maximum absolute atomic E-state index is 5.94. The van der Waals surface area contributed by atoms with Gasteiger partial charge in [0.25, 0.3) is 0 Å². The van der Waals surface area contributed by atoms with E-state index < -0.39 is 0 Å². The van der Waals surface area contributed by atoms with Crippen LogP contribution < -0.4 is 10.5 Å². The normalized spacial score (nSPS) is 10.6. The first-order valence-corrected chi connectivity index (χ1v) is 6.28. The molecule has 0 spiro atoms. The quantitative estimate of drug-likeness (QED) is 0.584. The molecule has 0 saturated heterocycles. The third-order valence-electron chi connectivity index (χ3n) is 2.42. The van der Waals surface area contributed by atoms with Crippen molar-refractivity contribution in [2.45, 2.75) is 13.3 Å². The minimum absolute atomic E-state index is 0.520. The van der Waals surface area contributed by atoms with Gasteiger partial charge >= 0.3 is 0 Å². The Labute approximate surface area is 113 Å². The van der Waals surface area contributed by atoms with Crippen LogP contribution in [0.4, 0.5) is 5.69 Å². The number of aryl methyl sites for hydroxylation is 1. The average molecular weight is 274 g/mol. The highest BCUT2D eigenvalue weighted by molar-refractivity contribution is 6.33. The predicted molar refractivity (Wildman–Crippen MR) is 73.4 cm³/mol. The Morgan fingerprint density at radius 1 is 1.17 bits per heavy atom. The van der Waals surface area contributed by atoms with E-state index in [2.05, 4.69) is 0 Å². The maximum atomic E-state index is 5.94. The number of hydrogen-bond acceptors (Lipinski definition) is 4. The molecule has 0 aromatic heterocycles. The summed E-state index contributed by atoms with van der Waals surface area (Å²) in [5.74, 6) is 0.770. The molecule has 0 amide bonds. The van der Waals surface area contributed by atoms with E-state index in [4.69, 9.17) is 31.5 Å². The zero-order chi connectivity index (χ0) is 13.4. The SMILES string of the molecule is COCCOCCCOc1cc(Cl)c(N)cc1C. The van der Waals surface area contributed by atoms with Gasteiger partial charge < -0.3 is 19.9 Å². The van der Waals surface area contributed by atoms with Crippen LogP contribution in [-0.4, -0.2) is 33.5 Å². The summed E-state index contributed by atoms with van der Waals surface area (Å²) in [5, 5.41) is 0.520. The second-order valence-corrected chi connectivity index (χ2v) is 4.35. The third kappa shape index (κ3) is 5.12. The van der Waals surface area contributed by atoms with Crippen LogP contribution in [-0.2, 0) is 9.47 Å². The molecule has 102 valence electrons. The van der Waals surface area contributed by atoms with Crippen molar-refractivity contribution in [2.75, 3.05) is 39.3 Å². The van der Waals surface area contributed by atoms with E-state index in [9.17, 15) is 0 Å². The molecule has 0 aliphatic heterocycles. The summed E-state index contributed by atoms with van der Waals surface area (Å²) in [7, 11) is 1.65. The van der Waals surface area contributed by atoms with Crippen LogP contribution >= 0.6 is 11.6 Å². The first-order valence-electron chi connectivity index (χ1n) is 5.90. The van der Waals surface area contributed by atoms with E-state index in [1.165, 1.54) is 0 Å². The molecule has 0 saturated carbocycles. The second-order valence-electron chi connectivity index (χ2n) is 3.95. The average Bonchev–Trinajstić information content (AvgIpc) is 2.34. The molecule has 4 nitrogen and oxygen atoms in total. The van der Waals surface area contributed by atoms with Crippen LogP contribution in [0, 0.1) is 6.92 Å². The van der Waals surface area contributed by atoms with E-state index >= 15 is 0 Å². The van der Waals surface area contributed by atoms with Crippen molar-refractivity contribution in [2.24, 2.45) is 0 Å². The molecule has 1 aromatic rings. The zero-order valence-corrected chi connectivity index (χ0v) is 11.6. The Kier molecular flexibility index (Phi) is 6.86. The Hall–Kier alpha value is -0.970. The first kappa shape index (κ1) is 15.1. The molecule has 0 unspecified atom stereocenters. The van der Waals surface area contributed by atoms with Gasteiger partial charge in [-0.3, -0.25) is 0 Å². The molecular weight excluding hydrogens is 254 g/mol. The van der Waals surface area contributed by atoms with Crippen LogP contribution in [0.1, 0.15) is 12.0 Å². The van der Waals surface area contributed by atoms with Crippen LogP contribution in [0.2, 0.25) is 5.02 Å². The monoisotopic (exact) mass is 273 g/mol. The van der Waals surface area contributed by atoms with Crippen molar-refractivity contribution < 1.29 is 14.2 Å². The lowest BCUT2D eigenvalue weighted by molar-refractivity contribution is 0.0644. The lowest BCUT2D eigenvalue weighted by Crippen LogP contribution is -2.07. The van der Waals surface area contributed by atoms with Gasteiger partial charge in [-0.25, -0.2) is 0 Å². The van der Waals surface area contributed by atoms with Crippen molar-refractivity contribution in [3.8, 4) is 5.75 Å². The Morgan fingerprint density at radius 3 is 2.67 bits per heavy atom. The van der Waals surface area contributed by atoms with E-state index in [-0.39, 0.29) is 0 Å². The Balaban J connectivity index is 2.25. The smallest absolute Gasteiger partial charge is 0.123 e. The largest absolute Gasteiger partial charge is 0.493 e. The number of rotatable bonds is 8. The molecule has 1 rings (SSSR count). The van der Waals surface area contributed by atoms with Gasteiger partial charge in [-0.05, 0) is 18.6 Å². The summed E-state index contributed by atoms with van der Waals surface area (Å²) in [4.78, 5) is 0. The lowest BCUT2D eigenvalue weighted by atomic mass is 10.2. The number of nitrogens with two attached hydrogens (primary N) is 1. The zero-order valence-electron chi connectivity index (χ0n) is 10.9. The molecular formula is C13H20ClNO3. The van der Waals surface area contributed by atoms with Gasteiger partial charge in [-0.15, -0.1) is 0 Å². The van der Waals surface area contributed by atoms with Crippen molar-refractivity contribution in [3.05, 3.63) is 22.7 Å². The van der Waals surface area contributed by atoms with Crippen LogP contribution in [0.3, 0.4) is 0 Å². The molecule has 2 N–H and O–H groups in total. The number of anilines is 1. The van der Waals surface area contributed by atoms with E-state index in [0.717, 1.165) is 17.7 Å². The summed E-state index contributed by atoms with van der Waals surface area (Å²) >= 11 is 5.94. The minimum Gasteiger partial charge on any atom is -0.493 e. The highest BCUT2D eigenvalue weighted by Gasteiger charge is 2.04. The minimum atomic E-state index is 0.520.